The van der Waals surface area contributed by atoms with Gasteiger partial charge in [-0.2, -0.15) is 0 Å². The SMILES string of the molecule is CCOc1ccc(-c2ocnc2CNC(C)C)cc1. The standard InChI is InChI=1S/C15H20N2O2/c1-4-18-13-7-5-12(6-8-13)15-14(17-10-19-15)9-16-11(2)3/h5-8,10-11,16H,4,9H2,1-3H3. The fourth-order valence-corrected chi connectivity index (χ4v) is 1.80. The molecule has 0 saturated carbocycles. The highest BCUT2D eigenvalue weighted by Gasteiger charge is 2.11. The lowest BCUT2D eigenvalue weighted by Crippen LogP contribution is -2.22. The summed E-state index contributed by atoms with van der Waals surface area (Å²) in [5, 5.41) is 3.34. The van der Waals surface area contributed by atoms with Gasteiger partial charge < -0.3 is 14.5 Å². The van der Waals surface area contributed by atoms with Gasteiger partial charge in [0.05, 0.1) is 6.61 Å². The Labute approximate surface area is 113 Å². The third kappa shape index (κ3) is 3.58. The molecule has 0 atom stereocenters. The van der Waals surface area contributed by atoms with Crippen molar-refractivity contribution in [3.63, 3.8) is 0 Å². The number of ether oxygens (including phenoxy) is 1. The molecule has 0 radical (unpaired) electrons. The summed E-state index contributed by atoms with van der Waals surface area (Å²) in [6.45, 7) is 7.56. The normalized spacial score (nSPS) is 10.9. The molecule has 0 unspecified atom stereocenters. The Balaban J connectivity index is 2.15. The van der Waals surface area contributed by atoms with Crippen LogP contribution < -0.4 is 10.1 Å². The lowest BCUT2D eigenvalue weighted by molar-refractivity contribution is 0.340. The van der Waals surface area contributed by atoms with Crippen molar-refractivity contribution in [1.82, 2.24) is 10.3 Å². The van der Waals surface area contributed by atoms with E-state index in [1.165, 1.54) is 6.39 Å². The average molecular weight is 260 g/mol. The fraction of sp³-hybridized carbons (Fsp3) is 0.400. The Morgan fingerprint density at radius 1 is 1.26 bits per heavy atom. The van der Waals surface area contributed by atoms with E-state index in [9.17, 15) is 0 Å². The second kappa shape index (κ2) is 6.38. The fourth-order valence-electron chi connectivity index (χ4n) is 1.80. The molecule has 1 heterocycles. The van der Waals surface area contributed by atoms with Crippen LogP contribution >= 0.6 is 0 Å². The second-order valence-electron chi connectivity index (χ2n) is 4.62. The first-order valence-corrected chi connectivity index (χ1v) is 6.59. The molecule has 0 fully saturated rings. The van der Waals surface area contributed by atoms with Crippen LogP contribution in [0.1, 0.15) is 26.5 Å². The Hall–Kier alpha value is -1.81. The van der Waals surface area contributed by atoms with Crippen molar-refractivity contribution in [2.75, 3.05) is 6.61 Å². The van der Waals surface area contributed by atoms with Crippen LogP contribution in [0.2, 0.25) is 0 Å². The third-order valence-corrected chi connectivity index (χ3v) is 2.75. The molecule has 1 N–H and O–H groups in total. The smallest absolute Gasteiger partial charge is 0.181 e. The number of oxazole rings is 1. The summed E-state index contributed by atoms with van der Waals surface area (Å²) < 4.78 is 10.9. The van der Waals surface area contributed by atoms with Gasteiger partial charge in [0.15, 0.2) is 12.2 Å². The summed E-state index contributed by atoms with van der Waals surface area (Å²) in [6, 6.07) is 8.29. The summed E-state index contributed by atoms with van der Waals surface area (Å²) in [6.07, 6.45) is 1.49. The summed E-state index contributed by atoms with van der Waals surface area (Å²) >= 11 is 0. The van der Waals surface area contributed by atoms with E-state index >= 15 is 0 Å². The van der Waals surface area contributed by atoms with Gasteiger partial charge in [0, 0.05) is 18.2 Å². The number of rotatable bonds is 6. The van der Waals surface area contributed by atoms with E-state index in [1.807, 2.05) is 31.2 Å². The van der Waals surface area contributed by atoms with Crippen LogP contribution in [0.4, 0.5) is 0 Å². The van der Waals surface area contributed by atoms with Crippen LogP contribution in [-0.4, -0.2) is 17.6 Å². The number of hydrogen-bond acceptors (Lipinski definition) is 4. The maximum Gasteiger partial charge on any atom is 0.181 e. The lowest BCUT2D eigenvalue weighted by Gasteiger charge is -2.07. The van der Waals surface area contributed by atoms with E-state index in [2.05, 4.69) is 24.1 Å². The molecule has 4 heteroatoms. The molecular weight excluding hydrogens is 240 g/mol. The van der Waals surface area contributed by atoms with E-state index in [0.29, 0.717) is 19.2 Å². The van der Waals surface area contributed by atoms with E-state index in [-0.39, 0.29) is 0 Å². The van der Waals surface area contributed by atoms with Crippen LogP contribution in [0.25, 0.3) is 11.3 Å². The minimum absolute atomic E-state index is 0.421. The van der Waals surface area contributed by atoms with Crippen LogP contribution in [-0.2, 0) is 6.54 Å². The number of benzene rings is 1. The Bertz CT molecular complexity index is 503. The summed E-state index contributed by atoms with van der Waals surface area (Å²) in [7, 11) is 0. The zero-order chi connectivity index (χ0) is 13.7. The molecule has 102 valence electrons. The van der Waals surface area contributed by atoms with Gasteiger partial charge in [-0.1, -0.05) is 13.8 Å². The molecule has 0 amide bonds. The highest BCUT2D eigenvalue weighted by Crippen LogP contribution is 2.25. The second-order valence-corrected chi connectivity index (χ2v) is 4.62. The highest BCUT2D eigenvalue weighted by molar-refractivity contribution is 5.60. The van der Waals surface area contributed by atoms with Gasteiger partial charge >= 0.3 is 0 Å². The largest absolute Gasteiger partial charge is 0.494 e. The van der Waals surface area contributed by atoms with Crippen LogP contribution in [0.15, 0.2) is 35.1 Å². The molecular formula is C15H20N2O2. The van der Waals surface area contributed by atoms with Crippen molar-refractivity contribution in [3.05, 3.63) is 36.4 Å². The number of nitrogens with one attached hydrogen (secondary N) is 1. The monoisotopic (exact) mass is 260 g/mol. The Morgan fingerprint density at radius 3 is 2.63 bits per heavy atom. The molecule has 0 aliphatic heterocycles. The van der Waals surface area contributed by atoms with Gasteiger partial charge in [0.2, 0.25) is 0 Å². The van der Waals surface area contributed by atoms with Gasteiger partial charge in [-0.15, -0.1) is 0 Å². The summed E-state index contributed by atoms with van der Waals surface area (Å²) in [5.74, 6) is 1.68. The summed E-state index contributed by atoms with van der Waals surface area (Å²) in [4.78, 5) is 4.26. The molecule has 0 aliphatic carbocycles. The van der Waals surface area contributed by atoms with Crippen molar-refractivity contribution in [2.45, 2.75) is 33.4 Å². The predicted octanol–water partition coefficient (Wildman–Crippen LogP) is 3.24. The minimum Gasteiger partial charge on any atom is -0.494 e. The van der Waals surface area contributed by atoms with E-state index in [0.717, 1.165) is 22.8 Å². The molecule has 2 aromatic rings. The number of hydrogen-bond donors (Lipinski definition) is 1. The number of nitrogens with zero attached hydrogens (tertiary/aromatic N) is 1. The molecule has 1 aromatic carbocycles. The van der Waals surface area contributed by atoms with Crippen molar-refractivity contribution in [2.24, 2.45) is 0 Å². The third-order valence-electron chi connectivity index (χ3n) is 2.75. The van der Waals surface area contributed by atoms with Gasteiger partial charge in [0.1, 0.15) is 11.4 Å². The molecule has 1 aromatic heterocycles. The minimum atomic E-state index is 0.421. The van der Waals surface area contributed by atoms with Gasteiger partial charge in [-0.05, 0) is 31.2 Å². The first-order chi connectivity index (χ1) is 9.20. The van der Waals surface area contributed by atoms with Gasteiger partial charge in [-0.25, -0.2) is 4.98 Å². The molecule has 0 spiro atoms. The molecule has 0 saturated heterocycles. The van der Waals surface area contributed by atoms with Crippen molar-refractivity contribution >= 4 is 0 Å². The quantitative estimate of drug-likeness (QED) is 0.866. The van der Waals surface area contributed by atoms with Gasteiger partial charge in [-0.3, -0.25) is 0 Å². The zero-order valence-electron chi connectivity index (χ0n) is 11.6. The van der Waals surface area contributed by atoms with Crippen molar-refractivity contribution in [1.29, 1.82) is 0 Å². The maximum atomic E-state index is 5.49. The topological polar surface area (TPSA) is 47.3 Å². The predicted molar refractivity (Wildman–Crippen MR) is 75.1 cm³/mol. The highest BCUT2D eigenvalue weighted by atomic mass is 16.5. The molecule has 2 rings (SSSR count). The number of aromatic nitrogens is 1. The van der Waals surface area contributed by atoms with E-state index in [1.54, 1.807) is 0 Å². The van der Waals surface area contributed by atoms with Gasteiger partial charge in [0.25, 0.3) is 0 Å². The van der Waals surface area contributed by atoms with Crippen molar-refractivity contribution < 1.29 is 9.15 Å². The van der Waals surface area contributed by atoms with Crippen LogP contribution in [0.5, 0.6) is 5.75 Å². The Kier molecular flexibility index (Phi) is 4.58. The first-order valence-electron chi connectivity index (χ1n) is 6.59. The van der Waals surface area contributed by atoms with E-state index < -0.39 is 0 Å². The Morgan fingerprint density at radius 2 is 2.00 bits per heavy atom. The first kappa shape index (κ1) is 13.6. The average Bonchev–Trinajstić information content (AvgIpc) is 2.86. The van der Waals surface area contributed by atoms with Crippen molar-refractivity contribution in [3.8, 4) is 17.1 Å². The summed E-state index contributed by atoms with van der Waals surface area (Å²) in [5.41, 5.74) is 1.94. The molecule has 4 nitrogen and oxygen atoms in total. The van der Waals surface area contributed by atoms with Crippen LogP contribution in [0.3, 0.4) is 0 Å². The molecule has 0 bridgehead atoms. The molecule has 19 heavy (non-hydrogen) atoms. The lowest BCUT2D eigenvalue weighted by atomic mass is 10.1. The zero-order valence-corrected chi connectivity index (χ0v) is 11.6. The van der Waals surface area contributed by atoms with E-state index in [4.69, 9.17) is 9.15 Å². The maximum absolute atomic E-state index is 5.49. The van der Waals surface area contributed by atoms with Crippen LogP contribution in [0, 0.1) is 0 Å². The molecule has 0 aliphatic rings.